The molecule has 0 aliphatic carbocycles. The molecule has 0 aliphatic heterocycles. The number of carbonyl (C=O) groups excluding carboxylic acids is 1. The third-order valence-corrected chi connectivity index (χ3v) is 2.55. The summed E-state index contributed by atoms with van der Waals surface area (Å²) in [5, 5.41) is 0. The van der Waals surface area contributed by atoms with Crippen LogP contribution >= 0.6 is 0 Å². The van der Waals surface area contributed by atoms with Crippen molar-refractivity contribution in [3.8, 4) is 0 Å². The summed E-state index contributed by atoms with van der Waals surface area (Å²) < 4.78 is 2.01. The lowest BCUT2D eigenvalue weighted by atomic mass is 10.1. The summed E-state index contributed by atoms with van der Waals surface area (Å²) >= 11 is 0. The first-order chi connectivity index (χ1) is 7.59. The highest BCUT2D eigenvalue weighted by Crippen LogP contribution is 2.16. The smallest absolute Gasteiger partial charge is 0.180 e. The number of imidazole rings is 1. The zero-order valence-electron chi connectivity index (χ0n) is 9.90. The van der Waals surface area contributed by atoms with Crippen LogP contribution in [0.3, 0.4) is 0 Å². The van der Waals surface area contributed by atoms with Crippen LogP contribution in [0.25, 0.3) is 5.52 Å². The summed E-state index contributed by atoms with van der Waals surface area (Å²) in [6, 6.07) is 5.83. The Kier molecular flexibility index (Phi) is 2.77. The van der Waals surface area contributed by atoms with E-state index in [0.717, 1.165) is 17.8 Å². The fourth-order valence-electron chi connectivity index (χ4n) is 1.87. The number of carbonyl (C=O) groups is 1. The van der Waals surface area contributed by atoms with Crippen molar-refractivity contribution in [2.75, 3.05) is 0 Å². The van der Waals surface area contributed by atoms with Crippen molar-refractivity contribution in [3.63, 3.8) is 0 Å². The number of ketones is 1. The zero-order chi connectivity index (χ0) is 11.7. The van der Waals surface area contributed by atoms with Crippen LogP contribution in [-0.2, 0) is 6.42 Å². The van der Waals surface area contributed by atoms with Crippen molar-refractivity contribution in [1.82, 2.24) is 9.38 Å². The summed E-state index contributed by atoms with van der Waals surface area (Å²) in [6.07, 6.45) is 2.85. The van der Waals surface area contributed by atoms with Gasteiger partial charge < -0.3 is 4.40 Å². The average Bonchev–Trinajstić information content (AvgIpc) is 2.57. The number of hydrogen-bond donors (Lipinski definition) is 0. The first kappa shape index (κ1) is 10.9. The largest absolute Gasteiger partial charge is 0.303 e. The molecule has 3 heteroatoms. The van der Waals surface area contributed by atoms with Gasteiger partial charge in [-0.05, 0) is 18.1 Å². The van der Waals surface area contributed by atoms with E-state index in [4.69, 9.17) is 0 Å². The van der Waals surface area contributed by atoms with Gasteiger partial charge in [0.25, 0.3) is 0 Å². The molecule has 0 aromatic carbocycles. The molecule has 0 radical (unpaired) electrons. The second-order valence-corrected chi connectivity index (χ2v) is 4.49. The normalized spacial score (nSPS) is 11.2. The molecule has 2 aromatic rings. The maximum atomic E-state index is 11.5. The molecule has 2 rings (SSSR count). The third kappa shape index (κ3) is 1.85. The van der Waals surface area contributed by atoms with Gasteiger partial charge in [-0.25, -0.2) is 4.98 Å². The first-order valence-electron chi connectivity index (χ1n) is 5.56. The van der Waals surface area contributed by atoms with Gasteiger partial charge >= 0.3 is 0 Å². The number of hydrogen-bond acceptors (Lipinski definition) is 2. The van der Waals surface area contributed by atoms with Crippen molar-refractivity contribution in [2.24, 2.45) is 5.92 Å². The third-order valence-electron chi connectivity index (χ3n) is 2.55. The zero-order valence-corrected chi connectivity index (χ0v) is 9.90. The summed E-state index contributed by atoms with van der Waals surface area (Å²) in [7, 11) is 0. The molecule has 0 N–H and O–H groups in total. The molecule has 0 saturated heterocycles. The number of pyridine rings is 1. The van der Waals surface area contributed by atoms with E-state index in [2.05, 4.69) is 18.8 Å². The minimum Gasteiger partial charge on any atom is -0.303 e. The van der Waals surface area contributed by atoms with E-state index in [-0.39, 0.29) is 5.78 Å². The standard InChI is InChI=1S/C13H16N2O/c1-9(2)8-12-14-13(10(3)16)11-6-4-5-7-15(11)12/h4-7,9H,8H2,1-3H3. The Balaban J connectivity index is 2.62. The number of nitrogens with zero attached hydrogens (tertiary/aromatic N) is 2. The molecule has 0 aliphatic rings. The van der Waals surface area contributed by atoms with Crippen molar-refractivity contribution < 1.29 is 4.79 Å². The van der Waals surface area contributed by atoms with Gasteiger partial charge in [0.1, 0.15) is 11.5 Å². The van der Waals surface area contributed by atoms with E-state index in [9.17, 15) is 4.79 Å². The molecule has 16 heavy (non-hydrogen) atoms. The van der Waals surface area contributed by atoms with Gasteiger partial charge in [-0.1, -0.05) is 19.9 Å². The molecule has 0 atom stereocenters. The molecule has 0 saturated carbocycles. The average molecular weight is 216 g/mol. The van der Waals surface area contributed by atoms with E-state index in [1.807, 2.05) is 28.8 Å². The molecular formula is C13H16N2O. The Morgan fingerprint density at radius 2 is 2.19 bits per heavy atom. The first-order valence-corrected chi connectivity index (χ1v) is 5.56. The molecule has 0 bridgehead atoms. The summed E-state index contributed by atoms with van der Waals surface area (Å²) in [4.78, 5) is 15.9. The van der Waals surface area contributed by atoms with E-state index in [1.165, 1.54) is 0 Å². The Bertz CT molecular complexity index is 526. The summed E-state index contributed by atoms with van der Waals surface area (Å²) in [5.74, 6) is 1.53. The lowest BCUT2D eigenvalue weighted by Crippen LogP contribution is -2.00. The topological polar surface area (TPSA) is 34.4 Å². The molecule has 3 nitrogen and oxygen atoms in total. The fourth-order valence-corrected chi connectivity index (χ4v) is 1.87. The Morgan fingerprint density at radius 3 is 2.81 bits per heavy atom. The number of Topliss-reactive ketones (excluding diaryl/α,β-unsaturated/α-hetero) is 1. The van der Waals surface area contributed by atoms with Crippen LogP contribution in [0.5, 0.6) is 0 Å². The van der Waals surface area contributed by atoms with Crippen LogP contribution in [0.4, 0.5) is 0 Å². The maximum absolute atomic E-state index is 11.5. The van der Waals surface area contributed by atoms with Crippen LogP contribution in [-0.4, -0.2) is 15.2 Å². The minimum absolute atomic E-state index is 0.0266. The Morgan fingerprint density at radius 1 is 1.44 bits per heavy atom. The minimum atomic E-state index is 0.0266. The Hall–Kier alpha value is -1.64. The van der Waals surface area contributed by atoms with Gasteiger partial charge in [0.2, 0.25) is 0 Å². The molecular weight excluding hydrogens is 200 g/mol. The van der Waals surface area contributed by atoms with Gasteiger partial charge in [-0.3, -0.25) is 4.79 Å². The fraction of sp³-hybridized carbons (Fsp3) is 0.385. The van der Waals surface area contributed by atoms with Crippen molar-refractivity contribution in [3.05, 3.63) is 35.9 Å². The van der Waals surface area contributed by atoms with Gasteiger partial charge in [0, 0.05) is 19.5 Å². The van der Waals surface area contributed by atoms with E-state index < -0.39 is 0 Å². The summed E-state index contributed by atoms with van der Waals surface area (Å²) in [6.45, 7) is 5.86. The summed E-state index contributed by atoms with van der Waals surface area (Å²) in [5.41, 5.74) is 1.49. The van der Waals surface area contributed by atoms with Crippen LogP contribution in [0, 0.1) is 5.92 Å². The molecule has 0 spiro atoms. The van der Waals surface area contributed by atoms with E-state index >= 15 is 0 Å². The maximum Gasteiger partial charge on any atom is 0.180 e. The number of rotatable bonds is 3. The van der Waals surface area contributed by atoms with Gasteiger partial charge in [-0.2, -0.15) is 0 Å². The lowest BCUT2D eigenvalue weighted by Gasteiger charge is -2.02. The molecule has 84 valence electrons. The van der Waals surface area contributed by atoms with Crippen molar-refractivity contribution >= 4 is 11.3 Å². The van der Waals surface area contributed by atoms with Crippen LogP contribution in [0.1, 0.15) is 37.1 Å². The molecule has 0 unspecified atom stereocenters. The lowest BCUT2D eigenvalue weighted by molar-refractivity contribution is 0.101. The predicted molar refractivity (Wildman–Crippen MR) is 63.7 cm³/mol. The molecule has 0 fully saturated rings. The highest BCUT2D eigenvalue weighted by molar-refractivity contribution is 5.99. The number of fused-ring (bicyclic) bond motifs is 1. The van der Waals surface area contributed by atoms with Crippen molar-refractivity contribution in [1.29, 1.82) is 0 Å². The van der Waals surface area contributed by atoms with Gasteiger partial charge in [0.05, 0.1) is 5.52 Å². The predicted octanol–water partition coefficient (Wildman–Crippen LogP) is 2.74. The van der Waals surface area contributed by atoms with Crippen LogP contribution < -0.4 is 0 Å². The second-order valence-electron chi connectivity index (χ2n) is 4.49. The SMILES string of the molecule is CC(=O)c1nc(CC(C)C)n2ccccc12. The molecule has 2 aromatic heterocycles. The molecule has 0 amide bonds. The van der Waals surface area contributed by atoms with E-state index in [0.29, 0.717) is 11.6 Å². The molecule has 2 heterocycles. The highest BCUT2D eigenvalue weighted by Gasteiger charge is 2.14. The second kappa shape index (κ2) is 4.08. The Labute approximate surface area is 95.1 Å². The van der Waals surface area contributed by atoms with Crippen LogP contribution in [0.15, 0.2) is 24.4 Å². The highest BCUT2D eigenvalue weighted by atomic mass is 16.1. The van der Waals surface area contributed by atoms with Crippen LogP contribution in [0.2, 0.25) is 0 Å². The van der Waals surface area contributed by atoms with Gasteiger partial charge in [-0.15, -0.1) is 0 Å². The van der Waals surface area contributed by atoms with E-state index in [1.54, 1.807) is 6.92 Å². The quantitative estimate of drug-likeness (QED) is 0.739. The number of aromatic nitrogens is 2. The van der Waals surface area contributed by atoms with Crippen molar-refractivity contribution in [2.45, 2.75) is 27.2 Å². The van der Waals surface area contributed by atoms with Gasteiger partial charge in [0.15, 0.2) is 5.78 Å². The monoisotopic (exact) mass is 216 g/mol.